The molecule has 0 fully saturated rings. The first kappa shape index (κ1) is 15.7. The fourth-order valence-corrected chi connectivity index (χ4v) is 2.31. The minimum Gasteiger partial charge on any atom is -0.272 e. The quantitative estimate of drug-likeness (QED) is 0.571. The zero-order valence-electron chi connectivity index (χ0n) is 13.6. The van der Waals surface area contributed by atoms with Crippen LogP contribution in [0.3, 0.4) is 0 Å². The highest BCUT2D eigenvalue weighted by molar-refractivity contribution is 5.94. The molecule has 5 nitrogen and oxygen atoms in total. The van der Waals surface area contributed by atoms with E-state index < -0.39 is 0 Å². The summed E-state index contributed by atoms with van der Waals surface area (Å²) in [6.07, 6.45) is 1.65. The molecule has 0 saturated carbocycles. The molecule has 120 valence electrons. The van der Waals surface area contributed by atoms with Crippen LogP contribution < -0.4 is 5.43 Å². The molecule has 0 unspecified atom stereocenters. The van der Waals surface area contributed by atoms with E-state index in [0.717, 1.165) is 27.9 Å². The maximum atomic E-state index is 12.1. The second kappa shape index (κ2) is 6.91. The number of hydrazone groups is 1. The lowest BCUT2D eigenvalue weighted by Crippen LogP contribution is -2.18. The Kier molecular flexibility index (Phi) is 4.52. The summed E-state index contributed by atoms with van der Waals surface area (Å²) in [5.74, 6) is -0.328. The van der Waals surface area contributed by atoms with Crippen LogP contribution in [0.2, 0.25) is 0 Å². The molecule has 5 heteroatoms. The van der Waals surface area contributed by atoms with E-state index in [1.165, 1.54) is 0 Å². The zero-order valence-corrected chi connectivity index (χ0v) is 13.6. The van der Waals surface area contributed by atoms with Crippen molar-refractivity contribution in [2.24, 2.45) is 5.10 Å². The van der Waals surface area contributed by atoms with Gasteiger partial charge in [-0.25, -0.2) is 5.43 Å². The average Bonchev–Trinajstić information content (AvgIpc) is 3.09. The van der Waals surface area contributed by atoms with Crippen molar-refractivity contribution in [1.29, 1.82) is 0 Å². The van der Waals surface area contributed by atoms with Crippen LogP contribution in [0, 0.1) is 13.8 Å². The third kappa shape index (κ3) is 3.57. The van der Waals surface area contributed by atoms with Gasteiger partial charge in [0.15, 0.2) is 0 Å². The topological polar surface area (TPSA) is 70.1 Å². The summed E-state index contributed by atoms with van der Waals surface area (Å²) in [5, 5.41) is 10.9. The molecular formula is C19H18N4O. The van der Waals surface area contributed by atoms with Crippen molar-refractivity contribution < 1.29 is 4.79 Å². The third-order valence-corrected chi connectivity index (χ3v) is 3.70. The number of aryl methyl sites for hydroxylation is 2. The lowest BCUT2D eigenvalue weighted by atomic mass is 10.1. The summed E-state index contributed by atoms with van der Waals surface area (Å²) in [6, 6.07) is 17.5. The van der Waals surface area contributed by atoms with Gasteiger partial charge < -0.3 is 0 Å². The Labute approximate surface area is 140 Å². The Bertz CT molecular complexity index is 881. The number of nitrogens with zero attached hydrogens (tertiary/aromatic N) is 2. The fraction of sp³-hybridized carbons (Fsp3) is 0.105. The summed E-state index contributed by atoms with van der Waals surface area (Å²) in [7, 11) is 0. The van der Waals surface area contributed by atoms with E-state index in [2.05, 4.69) is 20.7 Å². The molecule has 3 rings (SSSR count). The fourth-order valence-electron chi connectivity index (χ4n) is 2.31. The van der Waals surface area contributed by atoms with Gasteiger partial charge in [0.05, 0.1) is 11.9 Å². The standard InChI is InChI=1S/C19H18N4O/c1-13-8-9-14(2)16(10-13)12-20-23-19(24)18-11-17(21-22-18)15-6-4-3-5-7-15/h3-12H,1-2H3,(H,21,22)(H,23,24)/b20-12-. The van der Waals surface area contributed by atoms with E-state index >= 15 is 0 Å². The lowest BCUT2D eigenvalue weighted by Gasteiger charge is -2.01. The van der Waals surface area contributed by atoms with Crippen molar-refractivity contribution >= 4 is 12.1 Å². The minimum absolute atomic E-state index is 0.328. The molecule has 0 bridgehead atoms. The number of carbonyl (C=O) groups is 1. The van der Waals surface area contributed by atoms with Crippen molar-refractivity contribution in [3.8, 4) is 11.3 Å². The lowest BCUT2D eigenvalue weighted by molar-refractivity contribution is 0.0950. The van der Waals surface area contributed by atoms with Gasteiger partial charge in [0.2, 0.25) is 0 Å². The summed E-state index contributed by atoms with van der Waals surface area (Å²) in [4.78, 5) is 12.1. The summed E-state index contributed by atoms with van der Waals surface area (Å²) < 4.78 is 0. The first-order valence-electron chi connectivity index (χ1n) is 7.65. The monoisotopic (exact) mass is 318 g/mol. The number of carbonyl (C=O) groups excluding carboxylic acids is 1. The van der Waals surface area contributed by atoms with Gasteiger partial charge >= 0.3 is 0 Å². The SMILES string of the molecule is Cc1ccc(C)c(/C=N\NC(=O)c2cc(-c3ccccc3)n[nH]2)c1. The number of benzene rings is 2. The molecule has 0 aliphatic carbocycles. The highest BCUT2D eigenvalue weighted by atomic mass is 16.2. The van der Waals surface area contributed by atoms with Crippen LogP contribution in [0.25, 0.3) is 11.3 Å². The van der Waals surface area contributed by atoms with Crippen LogP contribution in [-0.2, 0) is 0 Å². The van der Waals surface area contributed by atoms with E-state index in [-0.39, 0.29) is 5.91 Å². The van der Waals surface area contributed by atoms with Crippen molar-refractivity contribution in [1.82, 2.24) is 15.6 Å². The number of hydrogen-bond acceptors (Lipinski definition) is 3. The molecule has 0 radical (unpaired) electrons. The first-order valence-corrected chi connectivity index (χ1v) is 7.65. The van der Waals surface area contributed by atoms with Crippen molar-refractivity contribution in [3.63, 3.8) is 0 Å². The number of hydrogen-bond donors (Lipinski definition) is 2. The van der Waals surface area contributed by atoms with Gasteiger partial charge in [-0.05, 0) is 31.0 Å². The van der Waals surface area contributed by atoms with Crippen LogP contribution in [0.1, 0.15) is 27.2 Å². The van der Waals surface area contributed by atoms with Crippen molar-refractivity contribution in [2.45, 2.75) is 13.8 Å². The van der Waals surface area contributed by atoms with Gasteiger partial charge in [0.25, 0.3) is 5.91 Å². The Morgan fingerprint density at radius 2 is 1.92 bits per heavy atom. The maximum absolute atomic E-state index is 12.1. The second-order valence-corrected chi connectivity index (χ2v) is 5.59. The number of H-pyrrole nitrogens is 1. The molecule has 1 aromatic heterocycles. The minimum atomic E-state index is -0.328. The predicted molar refractivity (Wildman–Crippen MR) is 95.0 cm³/mol. The molecule has 1 heterocycles. The second-order valence-electron chi connectivity index (χ2n) is 5.59. The Morgan fingerprint density at radius 3 is 2.71 bits per heavy atom. The summed E-state index contributed by atoms with van der Waals surface area (Å²) in [5.41, 5.74) is 7.79. The van der Waals surface area contributed by atoms with Gasteiger partial charge in [0.1, 0.15) is 5.69 Å². The molecule has 0 saturated heterocycles. The Morgan fingerprint density at radius 1 is 1.12 bits per heavy atom. The van der Waals surface area contributed by atoms with Crippen LogP contribution in [0.15, 0.2) is 59.7 Å². The van der Waals surface area contributed by atoms with E-state index in [1.807, 2.05) is 62.4 Å². The molecule has 0 spiro atoms. The number of aromatic nitrogens is 2. The van der Waals surface area contributed by atoms with Crippen molar-refractivity contribution in [2.75, 3.05) is 0 Å². The normalized spacial score (nSPS) is 10.9. The highest BCUT2D eigenvalue weighted by Crippen LogP contribution is 2.16. The Hall–Kier alpha value is -3.21. The van der Waals surface area contributed by atoms with Crippen LogP contribution in [-0.4, -0.2) is 22.3 Å². The van der Waals surface area contributed by atoms with E-state index in [0.29, 0.717) is 5.69 Å². The molecule has 1 amide bonds. The highest BCUT2D eigenvalue weighted by Gasteiger charge is 2.10. The van der Waals surface area contributed by atoms with Gasteiger partial charge in [-0.15, -0.1) is 0 Å². The zero-order chi connectivity index (χ0) is 16.9. The summed E-state index contributed by atoms with van der Waals surface area (Å²) in [6.45, 7) is 4.02. The largest absolute Gasteiger partial charge is 0.289 e. The predicted octanol–water partition coefficient (Wildman–Crippen LogP) is 3.46. The van der Waals surface area contributed by atoms with Gasteiger partial charge in [-0.3, -0.25) is 9.89 Å². The smallest absolute Gasteiger partial charge is 0.272 e. The number of aromatic amines is 1. The molecule has 2 aromatic carbocycles. The number of amides is 1. The molecular weight excluding hydrogens is 300 g/mol. The molecule has 3 aromatic rings. The van der Waals surface area contributed by atoms with Gasteiger partial charge in [-0.2, -0.15) is 10.2 Å². The van der Waals surface area contributed by atoms with E-state index in [4.69, 9.17) is 0 Å². The van der Waals surface area contributed by atoms with E-state index in [9.17, 15) is 4.79 Å². The third-order valence-electron chi connectivity index (χ3n) is 3.70. The Balaban J connectivity index is 1.68. The molecule has 0 atom stereocenters. The summed E-state index contributed by atoms with van der Waals surface area (Å²) >= 11 is 0. The maximum Gasteiger partial charge on any atom is 0.289 e. The van der Waals surface area contributed by atoms with Crippen LogP contribution >= 0.6 is 0 Å². The molecule has 0 aliphatic heterocycles. The molecule has 0 aliphatic rings. The van der Waals surface area contributed by atoms with E-state index in [1.54, 1.807) is 12.3 Å². The number of rotatable bonds is 4. The molecule has 2 N–H and O–H groups in total. The van der Waals surface area contributed by atoms with Crippen LogP contribution in [0.4, 0.5) is 0 Å². The van der Waals surface area contributed by atoms with Crippen LogP contribution in [0.5, 0.6) is 0 Å². The van der Waals surface area contributed by atoms with Gasteiger partial charge in [-0.1, -0.05) is 54.1 Å². The van der Waals surface area contributed by atoms with Gasteiger partial charge in [0, 0.05) is 5.56 Å². The molecule has 24 heavy (non-hydrogen) atoms. The van der Waals surface area contributed by atoms with Crippen molar-refractivity contribution in [3.05, 3.63) is 77.0 Å². The average molecular weight is 318 g/mol. The number of nitrogens with one attached hydrogen (secondary N) is 2. The first-order chi connectivity index (χ1) is 11.6.